The Balaban J connectivity index is 2.44. The van der Waals surface area contributed by atoms with Crippen LogP contribution in [-0.2, 0) is 4.74 Å². The number of carbonyl (C=O) groups is 1. The fourth-order valence-electron chi connectivity index (χ4n) is 2.48. The van der Waals surface area contributed by atoms with Crippen LogP contribution in [0.1, 0.15) is 82.0 Å². The van der Waals surface area contributed by atoms with Crippen LogP contribution in [0.5, 0.6) is 0 Å². The molecular weight excluding hydrogens is 260 g/mol. The van der Waals surface area contributed by atoms with Crippen LogP contribution in [0.15, 0.2) is 30.3 Å². The Labute approximate surface area is 129 Å². The van der Waals surface area contributed by atoms with Gasteiger partial charge in [-0.25, -0.2) is 4.79 Å². The highest BCUT2D eigenvalue weighted by Crippen LogP contribution is 2.16. The molecule has 0 aliphatic carbocycles. The number of rotatable bonds is 11. The third-order valence-corrected chi connectivity index (χ3v) is 3.79. The van der Waals surface area contributed by atoms with Gasteiger partial charge in [-0.15, -0.1) is 0 Å². The molecule has 0 radical (unpaired) electrons. The van der Waals surface area contributed by atoms with Gasteiger partial charge in [0, 0.05) is 0 Å². The summed E-state index contributed by atoms with van der Waals surface area (Å²) < 4.78 is 5.72. The number of hydrogen-bond donors (Lipinski definition) is 0. The minimum atomic E-state index is -0.174. The molecule has 0 heterocycles. The molecule has 1 aromatic carbocycles. The normalized spacial score (nSPS) is 12.1. The average Bonchev–Trinajstić information content (AvgIpc) is 2.52. The van der Waals surface area contributed by atoms with Crippen molar-refractivity contribution in [2.24, 2.45) is 0 Å². The molecule has 2 nitrogen and oxygen atoms in total. The lowest BCUT2D eigenvalue weighted by atomic mass is 10.0. The van der Waals surface area contributed by atoms with Crippen molar-refractivity contribution in [1.29, 1.82) is 0 Å². The Morgan fingerprint density at radius 3 is 2.10 bits per heavy atom. The molecule has 21 heavy (non-hydrogen) atoms. The smallest absolute Gasteiger partial charge is 0.338 e. The molecule has 1 atom stereocenters. The summed E-state index contributed by atoms with van der Waals surface area (Å²) in [5, 5.41) is 0. The van der Waals surface area contributed by atoms with E-state index in [4.69, 9.17) is 4.74 Å². The summed E-state index contributed by atoms with van der Waals surface area (Å²) in [6, 6.07) is 9.32. The van der Waals surface area contributed by atoms with Crippen LogP contribution in [-0.4, -0.2) is 12.1 Å². The quantitative estimate of drug-likeness (QED) is 0.382. The summed E-state index contributed by atoms with van der Waals surface area (Å²) >= 11 is 0. The van der Waals surface area contributed by atoms with Crippen LogP contribution in [0.2, 0.25) is 0 Å². The van der Waals surface area contributed by atoms with Crippen molar-refractivity contribution in [3.8, 4) is 0 Å². The molecule has 1 rings (SSSR count). The Morgan fingerprint density at radius 2 is 1.48 bits per heavy atom. The maximum absolute atomic E-state index is 12.2. The number of hydrogen-bond acceptors (Lipinski definition) is 2. The lowest BCUT2D eigenvalue weighted by Gasteiger charge is -2.18. The lowest BCUT2D eigenvalue weighted by molar-refractivity contribution is 0.0249. The van der Waals surface area contributed by atoms with Crippen LogP contribution >= 0.6 is 0 Å². The average molecular weight is 290 g/mol. The molecule has 0 bridgehead atoms. The molecule has 0 saturated heterocycles. The van der Waals surface area contributed by atoms with Gasteiger partial charge in [0.2, 0.25) is 0 Å². The first-order chi connectivity index (χ1) is 10.3. The summed E-state index contributed by atoms with van der Waals surface area (Å²) in [7, 11) is 0. The van der Waals surface area contributed by atoms with Gasteiger partial charge in [0.05, 0.1) is 5.56 Å². The zero-order chi connectivity index (χ0) is 15.3. The molecule has 0 fully saturated rings. The molecule has 0 amide bonds. The van der Waals surface area contributed by atoms with E-state index in [9.17, 15) is 4.79 Å². The number of carbonyl (C=O) groups excluding carboxylic acids is 1. The fraction of sp³-hybridized carbons (Fsp3) is 0.632. The molecule has 1 unspecified atom stereocenters. The van der Waals surface area contributed by atoms with Crippen molar-refractivity contribution in [2.75, 3.05) is 0 Å². The molecule has 0 N–H and O–H groups in total. The predicted molar refractivity (Wildman–Crippen MR) is 88.5 cm³/mol. The van der Waals surface area contributed by atoms with E-state index in [-0.39, 0.29) is 12.1 Å². The van der Waals surface area contributed by atoms with Crippen LogP contribution in [0.4, 0.5) is 0 Å². The largest absolute Gasteiger partial charge is 0.459 e. The molecule has 0 aliphatic heterocycles. The first-order valence-corrected chi connectivity index (χ1v) is 8.54. The summed E-state index contributed by atoms with van der Waals surface area (Å²) in [5.41, 5.74) is 0.659. The van der Waals surface area contributed by atoms with Crippen molar-refractivity contribution in [2.45, 2.75) is 77.7 Å². The van der Waals surface area contributed by atoms with E-state index < -0.39 is 0 Å². The van der Waals surface area contributed by atoms with Gasteiger partial charge >= 0.3 is 5.97 Å². The maximum Gasteiger partial charge on any atom is 0.338 e. The first kappa shape index (κ1) is 17.7. The summed E-state index contributed by atoms with van der Waals surface area (Å²) in [5.74, 6) is -0.174. The van der Waals surface area contributed by atoms with Gasteiger partial charge in [-0.05, 0) is 37.8 Å². The van der Waals surface area contributed by atoms with Crippen molar-refractivity contribution >= 4 is 5.97 Å². The standard InChI is InChI=1S/C19H30O2/c1-3-5-7-12-16-18(15-9-6-4-2)21-19(20)17-13-10-8-11-14-17/h8,10-11,13-14,18H,3-7,9,12,15-16H2,1-2H3. The van der Waals surface area contributed by atoms with E-state index in [0.717, 1.165) is 25.7 Å². The van der Waals surface area contributed by atoms with Gasteiger partial charge in [0.25, 0.3) is 0 Å². The zero-order valence-corrected chi connectivity index (χ0v) is 13.6. The number of esters is 1. The Hall–Kier alpha value is -1.31. The lowest BCUT2D eigenvalue weighted by Crippen LogP contribution is -2.18. The second-order valence-corrected chi connectivity index (χ2v) is 5.74. The van der Waals surface area contributed by atoms with Crippen LogP contribution in [0, 0.1) is 0 Å². The van der Waals surface area contributed by atoms with E-state index in [2.05, 4.69) is 13.8 Å². The molecule has 2 heteroatoms. The number of ether oxygens (including phenoxy) is 1. The van der Waals surface area contributed by atoms with Crippen LogP contribution in [0.3, 0.4) is 0 Å². The van der Waals surface area contributed by atoms with Gasteiger partial charge in [-0.3, -0.25) is 0 Å². The van der Waals surface area contributed by atoms with Crippen molar-refractivity contribution in [3.05, 3.63) is 35.9 Å². The summed E-state index contributed by atoms with van der Waals surface area (Å²) in [6.07, 6.45) is 10.6. The minimum Gasteiger partial charge on any atom is -0.459 e. The predicted octanol–water partition coefficient (Wildman–Crippen LogP) is 5.76. The van der Waals surface area contributed by atoms with Crippen molar-refractivity contribution < 1.29 is 9.53 Å². The Bertz CT molecular complexity index is 372. The van der Waals surface area contributed by atoms with E-state index in [0.29, 0.717) is 5.56 Å². The second-order valence-electron chi connectivity index (χ2n) is 5.74. The summed E-state index contributed by atoms with van der Waals surface area (Å²) in [4.78, 5) is 12.2. The zero-order valence-electron chi connectivity index (χ0n) is 13.6. The third kappa shape index (κ3) is 7.89. The molecule has 118 valence electrons. The van der Waals surface area contributed by atoms with Gasteiger partial charge < -0.3 is 4.74 Å². The number of benzene rings is 1. The number of unbranched alkanes of at least 4 members (excludes halogenated alkanes) is 5. The second kappa shape index (κ2) is 11.4. The van der Waals surface area contributed by atoms with Gasteiger partial charge in [-0.2, -0.15) is 0 Å². The maximum atomic E-state index is 12.2. The molecule has 0 saturated carbocycles. The van der Waals surface area contributed by atoms with Gasteiger partial charge in [-0.1, -0.05) is 64.2 Å². The van der Waals surface area contributed by atoms with Crippen LogP contribution < -0.4 is 0 Å². The van der Waals surface area contributed by atoms with E-state index in [1.165, 1.54) is 32.1 Å². The molecule has 0 aromatic heterocycles. The van der Waals surface area contributed by atoms with Crippen molar-refractivity contribution in [1.82, 2.24) is 0 Å². The van der Waals surface area contributed by atoms with E-state index in [1.807, 2.05) is 30.3 Å². The third-order valence-electron chi connectivity index (χ3n) is 3.79. The van der Waals surface area contributed by atoms with Crippen molar-refractivity contribution in [3.63, 3.8) is 0 Å². The summed E-state index contributed by atoms with van der Waals surface area (Å²) in [6.45, 7) is 4.42. The molecule has 0 aliphatic rings. The molecule has 0 spiro atoms. The van der Waals surface area contributed by atoms with Gasteiger partial charge in [0.15, 0.2) is 0 Å². The van der Waals surface area contributed by atoms with E-state index in [1.54, 1.807) is 0 Å². The first-order valence-electron chi connectivity index (χ1n) is 8.54. The fourth-order valence-corrected chi connectivity index (χ4v) is 2.48. The van der Waals surface area contributed by atoms with Crippen LogP contribution in [0.25, 0.3) is 0 Å². The highest BCUT2D eigenvalue weighted by Gasteiger charge is 2.15. The Kier molecular flexibility index (Phi) is 9.60. The van der Waals surface area contributed by atoms with Gasteiger partial charge in [0.1, 0.15) is 6.10 Å². The molecular formula is C19H30O2. The SMILES string of the molecule is CCCCCCC(CCCCC)OC(=O)c1ccccc1. The molecule has 1 aromatic rings. The Morgan fingerprint density at radius 1 is 0.905 bits per heavy atom. The topological polar surface area (TPSA) is 26.3 Å². The highest BCUT2D eigenvalue weighted by molar-refractivity contribution is 5.89. The minimum absolute atomic E-state index is 0.0844. The van der Waals surface area contributed by atoms with E-state index >= 15 is 0 Å². The monoisotopic (exact) mass is 290 g/mol. The highest BCUT2D eigenvalue weighted by atomic mass is 16.5.